The van der Waals surface area contributed by atoms with Crippen molar-refractivity contribution in [3.05, 3.63) is 36.7 Å². The van der Waals surface area contributed by atoms with Gasteiger partial charge in [0.25, 0.3) is 0 Å². The first-order chi connectivity index (χ1) is 10.3. The van der Waals surface area contributed by atoms with Crippen molar-refractivity contribution in [3.63, 3.8) is 0 Å². The van der Waals surface area contributed by atoms with Crippen molar-refractivity contribution < 1.29 is 0 Å². The summed E-state index contributed by atoms with van der Waals surface area (Å²) in [6.45, 7) is 6.71. The number of halogens is 1. The zero-order valence-corrected chi connectivity index (χ0v) is 15.1. The fourth-order valence-corrected chi connectivity index (χ4v) is 2.13. The molecule has 0 amide bonds. The second-order valence-electron chi connectivity index (χ2n) is 5.43. The van der Waals surface area contributed by atoms with Crippen molar-refractivity contribution in [1.82, 2.24) is 4.98 Å². The smallest absolute Gasteiger partial charge is 0.0623 e. The molecule has 1 aromatic rings. The summed E-state index contributed by atoms with van der Waals surface area (Å²) in [5, 5.41) is 0. The lowest BCUT2D eigenvalue weighted by atomic mass is 10.1. The number of nitrogens with zero attached hydrogens (tertiary/aromatic N) is 1. The topological polar surface area (TPSA) is 38.9 Å². The first-order valence-electron chi connectivity index (χ1n) is 8.58. The van der Waals surface area contributed by atoms with Crippen molar-refractivity contribution in [3.8, 4) is 0 Å². The summed E-state index contributed by atoms with van der Waals surface area (Å²) in [5.74, 6) is 0. The summed E-state index contributed by atoms with van der Waals surface area (Å²) >= 11 is 0. The maximum Gasteiger partial charge on any atom is 0.0623 e. The van der Waals surface area contributed by atoms with Crippen molar-refractivity contribution in [2.45, 2.75) is 71.1 Å². The van der Waals surface area contributed by atoms with Gasteiger partial charge in [-0.3, -0.25) is 4.98 Å². The van der Waals surface area contributed by atoms with E-state index in [1.165, 1.54) is 64.2 Å². The van der Waals surface area contributed by atoms with E-state index in [2.05, 4.69) is 18.5 Å². The van der Waals surface area contributed by atoms with Crippen LogP contribution in [0, 0.1) is 0 Å². The number of hydrogen-bond acceptors (Lipinski definition) is 2. The van der Waals surface area contributed by atoms with Crippen LogP contribution >= 0.6 is 12.4 Å². The molecule has 1 rings (SSSR count). The average Bonchev–Trinajstić information content (AvgIpc) is 2.55. The number of hydrogen-bond donors (Lipinski definition) is 1. The van der Waals surface area contributed by atoms with Gasteiger partial charge in [-0.2, -0.15) is 0 Å². The molecule has 1 heterocycles. The third-order valence-corrected chi connectivity index (χ3v) is 3.45. The molecule has 0 fully saturated rings. The van der Waals surface area contributed by atoms with E-state index in [1.54, 1.807) is 12.3 Å². The Labute approximate surface area is 144 Å². The Morgan fingerprint density at radius 2 is 1.50 bits per heavy atom. The molecule has 0 aromatic carbocycles. The van der Waals surface area contributed by atoms with Gasteiger partial charge in [0.1, 0.15) is 0 Å². The normalized spacial score (nSPS) is 9.36. The summed E-state index contributed by atoms with van der Waals surface area (Å²) < 4.78 is 0. The van der Waals surface area contributed by atoms with Gasteiger partial charge in [-0.15, -0.1) is 12.4 Å². The Kier molecular flexibility index (Phi) is 21.4. The Morgan fingerprint density at radius 1 is 0.955 bits per heavy atom. The van der Waals surface area contributed by atoms with Gasteiger partial charge in [-0.05, 0) is 31.2 Å². The second-order valence-corrected chi connectivity index (χ2v) is 5.43. The van der Waals surface area contributed by atoms with Crippen LogP contribution in [0.15, 0.2) is 31.0 Å². The molecule has 0 aliphatic carbocycles. The van der Waals surface area contributed by atoms with Gasteiger partial charge in [0.05, 0.1) is 5.69 Å². The molecule has 0 saturated heterocycles. The molecular formula is C19H35ClN2. The molecule has 0 aliphatic heterocycles. The van der Waals surface area contributed by atoms with Gasteiger partial charge in [0, 0.05) is 6.20 Å². The monoisotopic (exact) mass is 326 g/mol. The minimum absolute atomic E-state index is 0. The van der Waals surface area contributed by atoms with Gasteiger partial charge >= 0.3 is 0 Å². The van der Waals surface area contributed by atoms with Crippen molar-refractivity contribution in [2.24, 2.45) is 5.73 Å². The molecule has 3 heteroatoms. The molecular weight excluding hydrogens is 292 g/mol. The molecule has 0 atom stereocenters. The second kappa shape index (κ2) is 20.1. The number of rotatable bonds is 11. The third-order valence-electron chi connectivity index (χ3n) is 3.45. The van der Waals surface area contributed by atoms with Crippen LogP contribution < -0.4 is 5.73 Å². The minimum Gasteiger partial charge on any atom is -0.330 e. The lowest BCUT2D eigenvalue weighted by Crippen LogP contribution is -1.97. The molecule has 1 aromatic heterocycles. The first-order valence-corrected chi connectivity index (χ1v) is 8.58. The predicted octanol–water partition coefficient (Wildman–Crippen LogP) is 6.01. The molecule has 2 nitrogen and oxygen atoms in total. The molecule has 0 radical (unpaired) electrons. The van der Waals surface area contributed by atoms with E-state index in [0.29, 0.717) is 0 Å². The van der Waals surface area contributed by atoms with E-state index in [0.717, 1.165) is 12.2 Å². The number of unbranched alkanes of at least 4 members (excludes halogenated alkanes) is 9. The summed E-state index contributed by atoms with van der Waals surface area (Å²) in [7, 11) is 0. The fourth-order valence-electron chi connectivity index (χ4n) is 2.13. The van der Waals surface area contributed by atoms with E-state index in [9.17, 15) is 0 Å². The van der Waals surface area contributed by atoms with Crippen LogP contribution in [0.4, 0.5) is 0 Å². The molecule has 22 heavy (non-hydrogen) atoms. The number of pyridine rings is 1. The lowest BCUT2D eigenvalue weighted by Gasteiger charge is -2.00. The molecule has 2 N–H and O–H groups in total. The van der Waals surface area contributed by atoms with Gasteiger partial charge in [0.15, 0.2) is 0 Å². The van der Waals surface area contributed by atoms with Crippen molar-refractivity contribution in [2.75, 3.05) is 6.54 Å². The minimum atomic E-state index is 0. The standard InChI is InChI=1S/C12H27N.C7H7N.ClH/c1-2-3-4-5-6-7-8-9-10-11-12-13;1-2-7-5-3-4-6-8-7;/h2-13H2,1H3;2-6H,1H2;1H. The molecule has 0 spiro atoms. The first kappa shape index (κ1) is 23.4. The van der Waals surface area contributed by atoms with Gasteiger partial charge < -0.3 is 5.73 Å². The highest BCUT2D eigenvalue weighted by Crippen LogP contribution is 2.09. The Hall–Kier alpha value is -0.860. The zero-order valence-electron chi connectivity index (χ0n) is 14.3. The largest absolute Gasteiger partial charge is 0.330 e. The van der Waals surface area contributed by atoms with Crippen LogP contribution in [0.25, 0.3) is 6.08 Å². The average molecular weight is 327 g/mol. The summed E-state index contributed by atoms with van der Waals surface area (Å²) in [4.78, 5) is 3.98. The Morgan fingerprint density at radius 3 is 1.86 bits per heavy atom. The molecule has 0 unspecified atom stereocenters. The summed E-state index contributed by atoms with van der Waals surface area (Å²) in [6, 6.07) is 5.73. The van der Waals surface area contributed by atoms with Crippen LogP contribution in [0.1, 0.15) is 76.8 Å². The highest BCUT2D eigenvalue weighted by Gasteiger charge is 1.91. The highest BCUT2D eigenvalue weighted by molar-refractivity contribution is 5.85. The molecule has 0 bridgehead atoms. The maximum absolute atomic E-state index is 5.42. The van der Waals surface area contributed by atoms with Crippen LogP contribution in [0.5, 0.6) is 0 Å². The number of aromatic nitrogens is 1. The Bertz CT molecular complexity index is 304. The SMILES string of the molecule is C=Cc1ccccn1.CCCCCCCCCCCCN.Cl. The van der Waals surface area contributed by atoms with Gasteiger partial charge in [0.2, 0.25) is 0 Å². The molecule has 128 valence electrons. The van der Waals surface area contributed by atoms with E-state index in [4.69, 9.17) is 5.73 Å². The Balaban J connectivity index is 0. The van der Waals surface area contributed by atoms with E-state index in [-0.39, 0.29) is 12.4 Å². The third kappa shape index (κ3) is 17.2. The summed E-state index contributed by atoms with van der Waals surface area (Å²) in [5.41, 5.74) is 6.35. The van der Waals surface area contributed by atoms with Crippen molar-refractivity contribution >= 4 is 18.5 Å². The number of nitrogens with two attached hydrogens (primary N) is 1. The quantitative estimate of drug-likeness (QED) is 0.505. The van der Waals surface area contributed by atoms with E-state index < -0.39 is 0 Å². The van der Waals surface area contributed by atoms with E-state index in [1.807, 2.05) is 18.2 Å². The van der Waals surface area contributed by atoms with Crippen molar-refractivity contribution in [1.29, 1.82) is 0 Å². The van der Waals surface area contributed by atoms with Crippen LogP contribution in [0.2, 0.25) is 0 Å². The van der Waals surface area contributed by atoms with Crippen LogP contribution in [-0.2, 0) is 0 Å². The fraction of sp³-hybridized carbons (Fsp3) is 0.632. The maximum atomic E-state index is 5.42. The molecule has 0 aliphatic rings. The van der Waals surface area contributed by atoms with Crippen LogP contribution in [-0.4, -0.2) is 11.5 Å². The van der Waals surface area contributed by atoms with Gasteiger partial charge in [-0.1, -0.05) is 77.4 Å². The highest BCUT2D eigenvalue weighted by atomic mass is 35.5. The van der Waals surface area contributed by atoms with Gasteiger partial charge in [-0.25, -0.2) is 0 Å². The molecule has 0 saturated carbocycles. The predicted molar refractivity (Wildman–Crippen MR) is 102 cm³/mol. The zero-order chi connectivity index (χ0) is 15.6. The van der Waals surface area contributed by atoms with Crippen LogP contribution in [0.3, 0.4) is 0 Å². The summed E-state index contributed by atoms with van der Waals surface area (Å²) in [6.07, 6.45) is 17.4. The van der Waals surface area contributed by atoms with E-state index >= 15 is 0 Å². The lowest BCUT2D eigenvalue weighted by molar-refractivity contribution is 0.558.